The van der Waals surface area contributed by atoms with E-state index in [2.05, 4.69) is 15.4 Å². The summed E-state index contributed by atoms with van der Waals surface area (Å²) in [5, 5.41) is 7.62. The van der Waals surface area contributed by atoms with Gasteiger partial charge in [0.25, 0.3) is 0 Å². The van der Waals surface area contributed by atoms with Crippen molar-refractivity contribution in [1.29, 1.82) is 0 Å². The number of nitrogens with one attached hydrogen (secondary N) is 1. The lowest BCUT2D eigenvalue weighted by molar-refractivity contribution is 0.399. The highest BCUT2D eigenvalue weighted by atomic mass is 16.5. The van der Waals surface area contributed by atoms with Crippen molar-refractivity contribution in [2.75, 3.05) is 12.4 Å². The zero-order valence-corrected chi connectivity index (χ0v) is 10.6. The predicted molar refractivity (Wildman–Crippen MR) is 73.3 cm³/mol. The summed E-state index contributed by atoms with van der Waals surface area (Å²) in [7, 11) is 1.61. The SMILES string of the molecule is COc1ncccc1NCc1cnn2ccccc12. The smallest absolute Gasteiger partial charge is 0.237 e. The third kappa shape index (κ3) is 2.22. The summed E-state index contributed by atoms with van der Waals surface area (Å²) in [4.78, 5) is 4.15. The van der Waals surface area contributed by atoms with Crippen molar-refractivity contribution in [1.82, 2.24) is 14.6 Å². The summed E-state index contributed by atoms with van der Waals surface area (Å²) < 4.78 is 7.07. The quantitative estimate of drug-likeness (QED) is 0.776. The van der Waals surface area contributed by atoms with E-state index in [0.29, 0.717) is 12.4 Å². The lowest BCUT2D eigenvalue weighted by Crippen LogP contribution is -2.02. The van der Waals surface area contributed by atoms with Crippen molar-refractivity contribution >= 4 is 11.2 Å². The fourth-order valence-corrected chi connectivity index (χ4v) is 2.00. The molecule has 5 heteroatoms. The van der Waals surface area contributed by atoms with Crippen LogP contribution in [0, 0.1) is 0 Å². The minimum absolute atomic E-state index is 0.596. The molecule has 3 rings (SSSR count). The van der Waals surface area contributed by atoms with Crippen molar-refractivity contribution in [2.45, 2.75) is 6.54 Å². The van der Waals surface area contributed by atoms with Crippen molar-refractivity contribution in [3.05, 3.63) is 54.5 Å². The number of hydrogen-bond acceptors (Lipinski definition) is 4. The highest BCUT2D eigenvalue weighted by molar-refractivity contribution is 5.57. The average Bonchev–Trinajstić information content (AvgIpc) is 2.89. The summed E-state index contributed by atoms with van der Waals surface area (Å²) in [6, 6.07) is 9.83. The van der Waals surface area contributed by atoms with Gasteiger partial charge in [0.15, 0.2) is 0 Å². The second kappa shape index (κ2) is 4.97. The first-order valence-electron chi connectivity index (χ1n) is 6.02. The number of aromatic nitrogens is 3. The Bertz CT molecular complexity index is 692. The van der Waals surface area contributed by atoms with Gasteiger partial charge in [0.05, 0.1) is 24.5 Å². The van der Waals surface area contributed by atoms with E-state index in [1.807, 2.05) is 47.2 Å². The van der Waals surface area contributed by atoms with Gasteiger partial charge in [-0.3, -0.25) is 0 Å². The van der Waals surface area contributed by atoms with Gasteiger partial charge in [-0.1, -0.05) is 6.07 Å². The number of hydrogen-bond donors (Lipinski definition) is 1. The first kappa shape index (κ1) is 11.5. The molecule has 96 valence electrons. The highest BCUT2D eigenvalue weighted by Gasteiger charge is 2.06. The number of pyridine rings is 2. The van der Waals surface area contributed by atoms with Crippen molar-refractivity contribution in [3.63, 3.8) is 0 Å². The molecule has 0 aliphatic rings. The van der Waals surface area contributed by atoms with Gasteiger partial charge in [-0.25, -0.2) is 9.50 Å². The van der Waals surface area contributed by atoms with Gasteiger partial charge in [-0.15, -0.1) is 0 Å². The molecule has 0 atom stereocenters. The third-order valence-electron chi connectivity index (χ3n) is 2.94. The maximum absolute atomic E-state index is 5.21. The monoisotopic (exact) mass is 254 g/mol. The van der Waals surface area contributed by atoms with E-state index in [4.69, 9.17) is 4.74 Å². The van der Waals surface area contributed by atoms with Crippen LogP contribution in [-0.4, -0.2) is 21.7 Å². The third-order valence-corrected chi connectivity index (χ3v) is 2.94. The van der Waals surface area contributed by atoms with Gasteiger partial charge in [0, 0.05) is 24.5 Å². The molecule has 3 aromatic heterocycles. The molecule has 5 nitrogen and oxygen atoms in total. The van der Waals surface area contributed by atoms with Gasteiger partial charge in [-0.05, 0) is 24.3 Å². The van der Waals surface area contributed by atoms with Crippen LogP contribution >= 0.6 is 0 Å². The molecular weight excluding hydrogens is 240 g/mol. The standard InChI is InChI=1S/C14H14N4O/c1-19-14-12(5-4-7-15-14)16-9-11-10-17-18-8-3-2-6-13(11)18/h2-8,10,16H,9H2,1H3. The van der Waals surface area contributed by atoms with Crippen LogP contribution in [0.15, 0.2) is 48.9 Å². The van der Waals surface area contributed by atoms with E-state index < -0.39 is 0 Å². The number of anilines is 1. The van der Waals surface area contributed by atoms with Gasteiger partial charge in [0.1, 0.15) is 0 Å². The summed E-state index contributed by atoms with van der Waals surface area (Å²) in [6.07, 6.45) is 5.51. The summed E-state index contributed by atoms with van der Waals surface area (Å²) in [6.45, 7) is 0.676. The minimum atomic E-state index is 0.596. The largest absolute Gasteiger partial charge is 0.480 e. The Balaban J connectivity index is 1.82. The van der Waals surface area contributed by atoms with Crippen LogP contribution in [0.4, 0.5) is 5.69 Å². The predicted octanol–water partition coefficient (Wildman–Crippen LogP) is 2.35. The molecular formula is C14H14N4O. The molecule has 0 amide bonds. The molecule has 0 spiro atoms. The number of methoxy groups -OCH3 is 1. The zero-order chi connectivity index (χ0) is 13.1. The highest BCUT2D eigenvalue weighted by Crippen LogP contribution is 2.21. The second-order valence-electron chi connectivity index (χ2n) is 4.11. The first-order chi connectivity index (χ1) is 9.38. The Morgan fingerprint density at radius 2 is 2.21 bits per heavy atom. The summed E-state index contributed by atoms with van der Waals surface area (Å²) >= 11 is 0. The van der Waals surface area contributed by atoms with Crippen LogP contribution in [0.3, 0.4) is 0 Å². The van der Waals surface area contributed by atoms with Crippen molar-refractivity contribution < 1.29 is 4.74 Å². The fraction of sp³-hybridized carbons (Fsp3) is 0.143. The minimum Gasteiger partial charge on any atom is -0.480 e. The summed E-state index contributed by atoms with van der Waals surface area (Å²) in [5.41, 5.74) is 3.10. The molecule has 3 aromatic rings. The fourth-order valence-electron chi connectivity index (χ4n) is 2.00. The maximum Gasteiger partial charge on any atom is 0.237 e. The Kier molecular flexibility index (Phi) is 3.02. The molecule has 0 bridgehead atoms. The molecule has 0 aliphatic heterocycles. The molecule has 0 radical (unpaired) electrons. The molecule has 0 unspecified atom stereocenters. The van der Waals surface area contributed by atoms with Crippen LogP contribution in [0.1, 0.15) is 5.56 Å². The molecule has 0 saturated heterocycles. The lowest BCUT2D eigenvalue weighted by atomic mass is 10.2. The Morgan fingerprint density at radius 3 is 3.11 bits per heavy atom. The van der Waals surface area contributed by atoms with E-state index in [1.54, 1.807) is 13.3 Å². The van der Waals surface area contributed by atoms with E-state index in [0.717, 1.165) is 16.8 Å². The molecule has 19 heavy (non-hydrogen) atoms. The van der Waals surface area contributed by atoms with E-state index in [-0.39, 0.29) is 0 Å². The number of fused-ring (bicyclic) bond motifs is 1. The van der Waals surface area contributed by atoms with Gasteiger partial charge >= 0.3 is 0 Å². The second-order valence-corrected chi connectivity index (χ2v) is 4.11. The van der Waals surface area contributed by atoms with Crippen LogP contribution in [0.2, 0.25) is 0 Å². The molecule has 3 heterocycles. The van der Waals surface area contributed by atoms with E-state index in [1.165, 1.54) is 0 Å². The topological polar surface area (TPSA) is 51.5 Å². The van der Waals surface area contributed by atoms with E-state index in [9.17, 15) is 0 Å². The maximum atomic E-state index is 5.21. The molecule has 0 fully saturated rings. The first-order valence-corrected chi connectivity index (χ1v) is 6.02. The van der Waals surface area contributed by atoms with Crippen molar-refractivity contribution in [2.24, 2.45) is 0 Å². The molecule has 0 aromatic carbocycles. The summed E-state index contributed by atoms with van der Waals surface area (Å²) in [5.74, 6) is 0.596. The zero-order valence-electron chi connectivity index (χ0n) is 10.6. The molecule has 1 N–H and O–H groups in total. The lowest BCUT2D eigenvalue weighted by Gasteiger charge is -2.08. The molecule has 0 aliphatic carbocycles. The van der Waals surface area contributed by atoms with Gasteiger partial charge in [-0.2, -0.15) is 5.10 Å². The van der Waals surface area contributed by atoms with Crippen LogP contribution in [0.5, 0.6) is 5.88 Å². The number of ether oxygens (including phenoxy) is 1. The van der Waals surface area contributed by atoms with E-state index >= 15 is 0 Å². The number of rotatable bonds is 4. The number of nitrogens with zero attached hydrogens (tertiary/aromatic N) is 3. The van der Waals surface area contributed by atoms with Gasteiger partial charge in [0.2, 0.25) is 5.88 Å². The molecule has 0 saturated carbocycles. The van der Waals surface area contributed by atoms with Crippen molar-refractivity contribution in [3.8, 4) is 5.88 Å². The average molecular weight is 254 g/mol. The normalized spacial score (nSPS) is 10.6. The van der Waals surface area contributed by atoms with Crippen LogP contribution in [-0.2, 0) is 6.54 Å². The van der Waals surface area contributed by atoms with Crippen LogP contribution in [0.25, 0.3) is 5.52 Å². The van der Waals surface area contributed by atoms with Crippen LogP contribution < -0.4 is 10.1 Å². The Morgan fingerprint density at radius 1 is 1.26 bits per heavy atom. The van der Waals surface area contributed by atoms with Gasteiger partial charge < -0.3 is 10.1 Å². The Labute approximate surface area is 110 Å². The Hall–Kier alpha value is -2.56.